The van der Waals surface area contributed by atoms with Gasteiger partial charge < -0.3 is 10.9 Å². The highest BCUT2D eigenvalue weighted by Gasteiger charge is 2.23. The molecule has 88 valence electrons. The molecule has 1 aromatic rings. The van der Waals surface area contributed by atoms with Crippen LogP contribution >= 0.6 is 0 Å². The molecule has 6 heteroatoms. The van der Waals surface area contributed by atoms with E-state index in [1.165, 1.54) is 6.92 Å². The first-order valence-electron chi connectivity index (χ1n) is 4.63. The van der Waals surface area contributed by atoms with Gasteiger partial charge in [0.1, 0.15) is 11.0 Å². The zero-order valence-corrected chi connectivity index (χ0v) is 9.90. The van der Waals surface area contributed by atoms with Gasteiger partial charge in [-0.3, -0.25) is 0 Å². The van der Waals surface area contributed by atoms with Gasteiger partial charge >= 0.3 is 0 Å². The molecule has 0 spiro atoms. The van der Waals surface area contributed by atoms with Gasteiger partial charge in [0.25, 0.3) is 0 Å². The number of rotatable bonds is 3. The van der Waals surface area contributed by atoms with Crippen LogP contribution in [0, 0.1) is 0 Å². The van der Waals surface area contributed by atoms with Crippen LogP contribution in [0.5, 0.6) is 0 Å². The summed E-state index contributed by atoms with van der Waals surface area (Å²) in [5.41, 5.74) is 6.72. The summed E-state index contributed by atoms with van der Waals surface area (Å²) >= 11 is 0. The van der Waals surface area contributed by atoms with Crippen LogP contribution in [0.2, 0.25) is 0 Å². The molecule has 1 atom stereocenters. The largest absolute Gasteiger partial charge is 0.411 e. The summed E-state index contributed by atoms with van der Waals surface area (Å²) in [6, 6.07) is 6.48. The molecule has 16 heavy (non-hydrogen) atoms. The number of nitrogens with zero attached hydrogens (tertiary/aromatic N) is 1. The third-order valence-corrected chi connectivity index (χ3v) is 3.85. The minimum absolute atomic E-state index is 0.113. The third-order valence-electron chi connectivity index (χ3n) is 2.34. The minimum Gasteiger partial charge on any atom is -0.411 e. The second kappa shape index (κ2) is 4.52. The van der Waals surface area contributed by atoms with E-state index in [0.29, 0.717) is 11.3 Å². The molecule has 0 heterocycles. The predicted molar refractivity (Wildman–Crippen MR) is 63.5 cm³/mol. The lowest BCUT2D eigenvalue weighted by Crippen LogP contribution is -2.27. The van der Waals surface area contributed by atoms with Crippen LogP contribution in [-0.4, -0.2) is 30.8 Å². The Balaban J connectivity index is 3.15. The van der Waals surface area contributed by atoms with Crippen LogP contribution in [0.25, 0.3) is 0 Å². The number of sulfone groups is 1. The lowest BCUT2D eigenvalue weighted by Gasteiger charge is -2.11. The number of hydrogen-bond acceptors (Lipinski definition) is 5. The minimum atomic E-state index is -3.29. The Kier molecular flexibility index (Phi) is 3.54. The summed E-state index contributed by atoms with van der Waals surface area (Å²) in [6.07, 6.45) is 1.10. The Bertz CT molecular complexity index is 491. The molecule has 1 aromatic carbocycles. The fourth-order valence-electron chi connectivity index (χ4n) is 1.23. The molecular formula is C10H14N2O3S. The smallest absolute Gasteiger partial charge is 0.155 e. The number of nitrogen functional groups attached to an aromatic ring is 1. The topological polar surface area (TPSA) is 92.8 Å². The van der Waals surface area contributed by atoms with Crippen LogP contribution in [0.4, 0.5) is 5.69 Å². The van der Waals surface area contributed by atoms with Crippen molar-refractivity contribution >= 4 is 21.2 Å². The molecule has 0 amide bonds. The van der Waals surface area contributed by atoms with E-state index in [1.807, 2.05) is 0 Å². The van der Waals surface area contributed by atoms with Gasteiger partial charge in [0.05, 0.1) is 0 Å². The normalized spacial score (nSPS) is 14.8. The molecule has 1 rings (SSSR count). The molecule has 5 nitrogen and oxygen atoms in total. The number of anilines is 1. The van der Waals surface area contributed by atoms with E-state index in [4.69, 9.17) is 10.9 Å². The molecule has 0 saturated heterocycles. The average molecular weight is 242 g/mol. The molecule has 0 saturated carbocycles. The molecule has 0 fully saturated rings. The van der Waals surface area contributed by atoms with Gasteiger partial charge in [0.2, 0.25) is 0 Å². The van der Waals surface area contributed by atoms with Gasteiger partial charge in [0.15, 0.2) is 9.84 Å². The van der Waals surface area contributed by atoms with Gasteiger partial charge in [-0.05, 0) is 19.1 Å². The lowest BCUT2D eigenvalue weighted by atomic mass is 10.1. The number of oxime groups is 1. The summed E-state index contributed by atoms with van der Waals surface area (Å²) in [5, 5.41) is 11.1. The Labute approximate surface area is 94.5 Å². The molecule has 0 bridgehead atoms. The predicted octanol–water partition coefficient (Wildman–Crippen LogP) is 0.880. The fourth-order valence-corrected chi connectivity index (χ4v) is 1.82. The van der Waals surface area contributed by atoms with Gasteiger partial charge in [-0.25, -0.2) is 8.42 Å². The summed E-state index contributed by atoms with van der Waals surface area (Å²) in [4.78, 5) is 0. The van der Waals surface area contributed by atoms with Crippen LogP contribution in [-0.2, 0) is 9.84 Å². The first-order valence-corrected chi connectivity index (χ1v) is 6.58. The van der Waals surface area contributed by atoms with Crippen LogP contribution < -0.4 is 5.73 Å². The van der Waals surface area contributed by atoms with Crippen LogP contribution in [0.1, 0.15) is 12.5 Å². The quantitative estimate of drug-likeness (QED) is 0.356. The van der Waals surface area contributed by atoms with Crippen molar-refractivity contribution in [2.24, 2.45) is 5.16 Å². The number of hydrogen-bond donors (Lipinski definition) is 2. The van der Waals surface area contributed by atoms with Crippen molar-refractivity contribution < 1.29 is 13.6 Å². The number of benzene rings is 1. The van der Waals surface area contributed by atoms with Gasteiger partial charge in [0, 0.05) is 17.5 Å². The maximum absolute atomic E-state index is 11.4. The maximum atomic E-state index is 11.4. The van der Waals surface area contributed by atoms with Crippen molar-refractivity contribution in [1.29, 1.82) is 0 Å². The molecule has 0 aliphatic carbocycles. The highest BCUT2D eigenvalue weighted by atomic mass is 32.2. The van der Waals surface area contributed by atoms with E-state index < -0.39 is 15.1 Å². The second-order valence-corrected chi connectivity index (χ2v) is 5.95. The Morgan fingerprint density at radius 1 is 1.38 bits per heavy atom. The summed E-state index contributed by atoms with van der Waals surface area (Å²) in [7, 11) is -3.29. The van der Waals surface area contributed by atoms with Crippen LogP contribution in [0.3, 0.4) is 0 Å². The summed E-state index contributed by atoms with van der Waals surface area (Å²) in [6.45, 7) is 1.47. The third kappa shape index (κ3) is 2.73. The highest BCUT2D eigenvalue weighted by Crippen LogP contribution is 2.12. The maximum Gasteiger partial charge on any atom is 0.155 e. The average Bonchev–Trinajstić information content (AvgIpc) is 2.20. The molecule has 0 aliphatic heterocycles. The van der Waals surface area contributed by atoms with E-state index in [0.717, 1.165) is 6.26 Å². The monoisotopic (exact) mass is 242 g/mol. The molecule has 0 radical (unpaired) electrons. The summed E-state index contributed by atoms with van der Waals surface area (Å²) in [5.74, 6) is 0. The van der Waals surface area contributed by atoms with E-state index in [2.05, 4.69) is 5.16 Å². The SMILES string of the molecule is C[C@@H](/C(=N\O)c1ccc(N)cc1)S(C)(=O)=O. The van der Waals surface area contributed by atoms with Crippen molar-refractivity contribution in [2.45, 2.75) is 12.2 Å². The first kappa shape index (κ1) is 12.5. The fraction of sp³-hybridized carbons (Fsp3) is 0.300. The van der Waals surface area contributed by atoms with E-state index in [-0.39, 0.29) is 5.71 Å². The lowest BCUT2D eigenvalue weighted by molar-refractivity contribution is 0.318. The zero-order valence-electron chi connectivity index (χ0n) is 9.08. The van der Waals surface area contributed by atoms with Crippen molar-refractivity contribution in [2.75, 3.05) is 12.0 Å². The first-order chi connectivity index (χ1) is 7.36. The zero-order chi connectivity index (χ0) is 12.3. The van der Waals surface area contributed by atoms with E-state index in [1.54, 1.807) is 24.3 Å². The van der Waals surface area contributed by atoms with Gasteiger partial charge in [-0.15, -0.1) is 0 Å². The molecule has 3 N–H and O–H groups in total. The standard InChI is InChI=1S/C10H14N2O3S/c1-7(16(2,14)15)10(12-13)8-3-5-9(11)6-4-8/h3-7,13H,11H2,1-2H3/b12-10+/t7-/m0/s1. The van der Waals surface area contributed by atoms with E-state index >= 15 is 0 Å². The van der Waals surface area contributed by atoms with Crippen molar-refractivity contribution in [3.05, 3.63) is 29.8 Å². The second-order valence-electron chi connectivity index (χ2n) is 3.58. The number of nitrogens with two attached hydrogens (primary N) is 1. The van der Waals surface area contributed by atoms with Crippen LogP contribution in [0.15, 0.2) is 29.4 Å². The Morgan fingerprint density at radius 2 is 1.88 bits per heavy atom. The Hall–Kier alpha value is -1.56. The van der Waals surface area contributed by atoms with Crippen molar-refractivity contribution in [3.63, 3.8) is 0 Å². The highest BCUT2D eigenvalue weighted by molar-refractivity contribution is 7.92. The molecule has 0 unspecified atom stereocenters. The molecular weight excluding hydrogens is 228 g/mol. The van der Waals surface area contributed by atoms with Gasteiger partial charge in [-0.2, -0.15) is 0 Å². The van der Waals surface area contributed by atoms with E-state index in [9.17, 15) is 8.42 Å². The molecule has 0 aliphatic rings. The summed E-state index contributed by atoms with van der Waals surface area (Å²) < 4.78 is 22.7. The van der Waals surface area contributed by atoms with Crippen molar-refractivity contribution in [3.8, 4) is 0 Å². The Morgan fingerprint density at radius 3 is 2.25 bits per heavy atom. The van der Waals surface area contributed by atoms with Crippen molar-refractivity contribution in [1.82, 2.24) is 0 Å². The van der Waals surface area contributed by atoms with Gasteiger partial charge in [-0.1, -0.05) is 17.3 Å². The molecule has 0 aromatic heterocycles.